The molecule has 94 valence electrons. The highest BCUT2D eigenvalue weighted by Gasteiger charge is 2.27. The average molecular weight is 229 g/mol. The van der Waals surface area contributed by atoms with E-state index in [0.29, 0.717) is 12.5 Å². The molecule has 1 fully saturated rings. The lowest BCUT2D eigenvalue weighted by Gasteiger charge is -2.32. The predicted octanol–water partition coefficient (Wildman–Crippen LogP) is 0.448. The molecule has 5 nitrogen and oxygen atoms in total. The number of nitrogens with two attached hydrogens (primary N) is 1. The number of ether oxygens (including phenoxy) is 1. The summed E-state index contributed by atoms with van der Waals surface area (Å²) in [6.07, 6.45) is 0.555. The summed E-state index contributed by atoms with van der Waals surface area (Å²) in [6.45, 7) is 7.92. The molecule has 1 aliphatic heterocycles. The number of hydrogen-bond donors (Lipinski definition) is 3. The number of carbonyl (C=O) groups is 1. The fourth-order valence-electron chi connectivity index (χ4n) is 1.82. The van der Waals surface area contributed by atoms with Crippen molar-refractivity contribution >= 4 is 6.09 Å². The topological polar surface area (TPSA) is 76.4 Å². The zero-order valence-electron chi connectivity index (χ0n) is 10.4. The molecule has 0 unspecified atom stereocenters. The first-order chi connectivity index (χ1) is 7.42. The first-order valence-electron chi connectivity index (χ1n) is 5.82. The maximum Gasteiger partial charge on any atom is 0.407 e. The van der Waals surface area contributed by atoms with E-state index < -0.39 is 5.60 Å². The van der Waals surface area contributed by atoms with Crippen LogP contribution in [0, 0.1) is 5.92 Å². The molecule has 16 heavy (non-hydrogen) atoms. The minimum atomic E-state index is -0.449. The van der Waals surface area contributed by atoms with E-state index in [1.54, 1.807) is 0 Å². The van der Waals surface area contributed by atoms with Crippen molar-refractivity contribution in [1.82, 2.24) is 10.6 Å². The monoisotopic (exact) mass is 229 g/mol. The highest BCUT2D eigenvalue weighted by molar-refractivity contribution is 5.68. The van der Waals surface area contributed by atoms with Crippen LogP contribution in [0.4, 0.5) is 4.79 Å². The Morgan fingerprint density at radius 2 is 2.25 bits per heavy atom. The van der Waals surface area contributed by atoms with E-state index in [9.17, 15) is 4.79 Å². The van der Waals surface area contributed by atoms with Gasteiger partial charge in [0.1, 0.15) is 5.60 Å². The Kier molecular flexibility index (Phi) is 4.56. The number of nitrogens with one attached hydrogen (secondary N) is 2. The first-order valence-corrected chi connectivity index (χ1v) is 5.82. The van der Waals surface area contributed by atoms with Crippen molar-refractivity contribution in [3.05, 3.63) is 0 Å². The summed E-state index contributed by atoms with van der Waals surface area (Å²) < 4.78 is 5.22. The van der Waals surface area contributed by atoms with Gasteiger partial charge in [0.15, 0.2) is 0 Å². The summed E-state index contributed by atoms with van der Waals surface area (Å²) >= 11 is 0. The Labute approximate surface area is 97.1 Å². The van der Waals surface area contributed by atoms with Crippen LogP contribution in [0.15, 0.2) is 0 Å². The van der Waals surface area contributed by atoms with E-state index in [-0.39, 0.29) is 12.1 Å². The fourth-order valence-corrected chi connectivity index (χ4v) is 1.82. The van der Waals surface area contributed by atoms with Gasteiger partial charge in [0.05, 0.1) is 0 Å². The van der Waals surface area contributed by atoms with Gasteiger partial charge in [-0.3, -0.25) is 0 Å². The molecule has 4 N–H and O–H groups in total. The van der Waals surface area contributed by atoms with Gasteiger partial charge in [-0.1, -0.05) is 0 Å². The molecular weight excluding hydrogens is 206 g/mol. The molecule has 0 saturated carbocycles. The SMILES string of the molecule is CC(C)(C)OC(=O)N[C@@H]1CCNC[C@@H]1CN. The van der Waals surface area contributed by atoms with Crippen LogP contribution >= 0.6 is 0 Å². The van der Waals surface area contributed by atoms with Crippen molar-refractivity contribution in [3.8, 4) is 0 Å². The lowest BCUT2D eigenvalue weighted by molar-refractivity contribution is 0.0476. The average Bonchev–Trinajstić information content (AvgIpc) is 2.15. The third-order valence-corrected chi connectivity index (χ3v) is 2.61. The van der Waals surface area contributed by atoms with Crippen LogP contribution in [0.5, 0.6) is 0 Å². The van der Waals surface area contributed by atoms with Gasteiger partial charge in [0, 0.05) is 18.5 Å². The van der Waals surface area contributed by atoms with Gasteiger partial charge in [-0.2, -0.15) is 0 Å². The van der Waals surface area contributed by atoms with Crippen LogP contribution in [-0.4, -0.2) is 37.4 Å². The molecule has 0 aliphatic carbocycles. The van der Waals surface area contributed by atoms with E-state index >= 15 is 0 Å². The Bertz CT molecular complexity index is 238. The summed E-state index contributed by atoms with van der Waals surface area (Å²) in [6, 6.07) is 0.126. The zero-order valence-corrected chi connectivity index (χ0v) is 10.4. The van der Waals surface area contributed by atoms with Crippen LogP contribution in [-0.2, 0) is 4.74 Å². The summed E-state index contributed by atoms with van der Waals surface area (Å²) in [5.74, 6) is 0.293. The molecule has 0 radical (unpaired) electrons. The highest BCUT2D eigenvalue weighted by atomic mass is 16.6. The molecule has 0 aromatic rings. The predicted molar refractivity (Wildman–Crippen MR) is 63.2 cm³/mol. The van der Waals surface area contributed by atoms with Gasteiger partial charge >= 0.3 is 6.09 Å². The standard InChI is InChI=1S/C11H23N3O2/c1-11(2,3)16-10(15)14-9-4-5-13-7-8(9)6-12/h8-9,13H,4-7,12H2,1-3H3,(H,14,15)/t8-,9+/m0/s1. The minimum Gasteiger partial charge on any atom is -0.444 e. The molecule has 1 saturated heterocycles. The van der Waals surface area contributed by atoms with Crippen molar-refractivity contribution in [2.45, 2.75) is 38.8 Å². The van der Waals surface area contributed by atoms with Gasteiger partial charge in [0.25, 0.3) is 0 Å². The number of hydrogen-bond acceptors (Lipinski definition) is 4. The van der Waals surface area contributed by atoms with E-state index in [4.69, 9.17) is 10.5 Å². The molecule has 0 bridgehead atoms. The molecular formula is C11H23N3O2. The molecule has 1 heterocycles. The number of amides is 1. The second-order valence-corrected chi connectivity index (χ2v) is 5.24. The Morgan fingerprint density at radius 3 is 2.81 bits per heavy atom. The van der Waals surface area contributed by atoms with Crippen molar-refractivity contribution in [2.24, 2.45) is 11.7 Å². The van der Waals surface area contributed by atoms with Gasteiger partial charge < -0.3 is 21.1 Å². The van der Waals surface area contributed by atoms with Crippen LogP contribution in [0.3, 0.4) is 0 Å². The highest BCUT2D eigenvalue weighted by Crippen LogP contribution is 2.12. The van der Waals surface area contributed by atoms with Crippen LogP contribution in [0.25, 0.3) is 0 Å². The van der Waals surface area contributed by atoms with E-state index in [0.717, 1.165) is 19.5 Å². The molecule has 0 aromatic carbocycles. The summed E-state index contributed by atoms with van der Waals surface area (Å²) in [4.78, 5) is 11.6. The Hall–Kier alpha value is -0.810. The van der Waals surface area contributed by atoms with Gasteiger partial charge in [-0.15, -0.1) is 0 Å². The third kappa shape index (κ3) is 4.37. The van der Waals surface area contributed by atoms with E-state index in [1.807, 2.05) is 20.8 Å². The van der Waals surface area contributed by atoms with Crippen LogP contribution in [0.2, 0.25) is 0 Å². The Morgan fingerprint density at radius 1 is 1.56 bits per heavy atom. The number of alkyl carbamates (subject to hydrolysis) is 1. The Balaban J connectivity index is 2.42. The molecule has 0 aromatic heterocycles. The lowest BCUT2D eigenvalue weighted by atomic mass is 9.94. The number of piperidine rings is 1. The van der Waals surface area contributed by atoms with Crippen LogP contribution < -0.4 is 16.4 Å². The number of rotatable bonds is 2. The van der Waals surface area contributed by atoms with E-state index in [2.05, 4.69) is 10.6 Å². The van der Waals surface area contributed by atoms with Crippen molar-refractivity contribution in [2.75, 3.05) is 19.6 Å². The second kappa shape index (κ2) is 5.50. The molecule has 1 rings (SSSR count). The molecule has 2 atom stereocenters. The smallest absolute Gasteiger partial charge is 0.407 e. The van der Waals surface area contributed by atoms with Crippen LogP contribution in [0.1, 0.15) is 27.2 Å². The summed E-state index contributed by atoms with van der Waals surface area (Å²) in [5.41, 5.74) is 5.22. The van der Waals surface area contributed by atoms with Crippen molar-refractivity contribution in [3.63, 3.8) is 0 Å². The molecule has 1 aliphatic rings. The molecule has 5 heteroatoms. The second-order valence-electron chi connectivity index (χ2n) is 5.24. The van der Waals surface area contributed by atoms with E-state index in [1.165, 1.54) is 0 Å². The third-order valence-electron chi connectivity index (χ3n) is 2.61. The first kappa shape index (κ1) is 13.3. The summed E-state index contributed by atoms with van der Waals surface area (Å²) in [7, 11) is 0. The van der Waals surface area contributed by atoms with Gasteiger partial charge in [0.2, 0.25) is 0 Å². The quantitative estimate of drug-likeness (QED) is 0.642. The minimum absolute atomic E-state index is 0.126. The lowest BCUT2D eigenvalue weighted by Crippen LogP contribution is -2.52. The number of carbonyl (C=O) groups excluding carboxylic acids is 1. The van der Waals surface area contributed by atoms with Crippen molar-refractivity contribution in [1.29, 1.82) is 0 Å². The van der Waals surface area contributed by atoms with Crippen molar-refractivity contribution < 1.29 is 9.53 Å². The van der Waals surface area contributed by atoms with Gasteiger partial charge in [-0.25, -0.2) is 4.79 Å². The van der Waals surface area contributed by atoms with Gasteiger partial charge in [-0.05, 0) is 40.3 Å². The normalized spacial score (nSPS) is 26.2. The fraction of sp³-hybridized carbons (Fsp3) is 0.909. The largest absolute Gasteiger partial charge is 0.444 e. The maximum absolute atomic E-state index is 11.6. The molecule has 0 spiro atoms. The summed E-state index contributed by atoms with van der Waals surface area (Å²) in [5, 5.41) is 6.16. The maximum atomic E-state index is 11.6. The zero-order chi connectivity index (χ0) is 12.2. The molecule has 1 amide bonds.